The van der Waals surface area contributed by atoms with Crippen LogP contribution in [0, 0.1) is 0 Å². The second-order valence-electron chi connectivity index (χ2n) is 3.82. The van der Waals surface area contributed by atoms with Crippen molar-refractivity contribution in [2.24, 2.45) is 0 Å². The van der Waals surface area contributed by atoms with Gasteiger partial charge in [-0.05, 0) is 34.1 Å². The van der Waals surface area contributed by atoms with Gasteiger partial charge < -0.3 is 5.73 Å². The predicted octanol–water partition coefficient (Wildman–Crippen LogP) is 3.04. The molecule has 0 spiro atoms. The van der Waals surface area contributed by atoms with E-state index in [1.165, 1.54) is 0 Å². The smallest absolute Gasteiger partial charge is 0.181 e. The lowest BCUT2D eigenvalue weighted by atomic mass is 10.2. The largest absolute Gasteiger partial charge is 0.384 e. The maximum atomic E-state index is 5.66. The number of rotatable bonds is 1. The molecule has 3 rings (SSSR count). The Morgan fingerprint density at radius 1 is 1.06 bits per heavy atom. The second-order valence-corrected chi connectivity index (χ2v) is 4.67. The van der Waals surface area contributed by atoms with Crippen molar-refractivity contribution in [1.29, 1.82) is 0 Å². The van der Waals surface area contributed by atoms with Crippen LogP contribution >= 0.6 is 15.9 Å². The predicted molar refractivity (Wildman–Crippen MR) is 74.9 cm³/mol. The Hall–Kier alpha value is -2.01. The van der Waals surface area contributed by atoms with E-state index in [2.05, 4.69) is 30.9 Å². The van der Waals surface area contributed by atoms with E-state index >= 15 is 0 Å². The molecule has 88 valence electrons. The minimum absolute atomic E-state index is 0.432. The van der Waals surface area contributed by atoms with Gasteiger partial charge in [-0.2, -0.15) is 0 Å². The first-order chi connectivity index (χ1) is 8.74. The molecule has 0 saturated heterocycles. The van der Waals surface area contributed by atoms with Gasteiger partial charge in [0.05, 0.1) is 5.52 Å². The Bertz CT molecular complexity index is 727. The van der Waals surface area contributed by atoms with Crippen molar-refractivity contribution in [1.82, 2.24) is 15.0 Å². The van der Waals surface area contributed by atoms with Crippen LogP contribution in [-0.4, -0.2) is 15.0 Å². The van der Waals surface area contributed by atoms with Crippen molar-refractivity contribution in [2.45, 2.75) is 0 Å². The van der Waals surface area contributed by atoms with Crippen molar-refractivity contribution in [3.8, 4) is 11.5 Å². The number of para-hydroxylation sites is 1. The number of hydrogen-bond acceptors (Lipinski definition) is 4. The normalized spacial score (nSPS) is 10.7. The highest BCUT2D eigenvalue weighted by Crippen LogP contribution is 2.27. The number of anilines is 1. The molecule has 3 aromatic rings. The highest BCUT2D eigenvalue weighted by atomic mass is 79.9. The van der Waals surface area contributed by atoms with Gasteiger partial charge in [-0.15, -0.1) is 0 Å². The molecule has 0 aliphatic heterocycles. The molecule has 0 aliphatic rings. The Morgan fingerprint density at radius 3 is 2.72 bits per heavy atom. The van der Waals surface area contributed by atoms with Gasteiger partial charge in [0.1, 0.15) is 11.5 Å². The van der Waals surface area contributed by atoms with Gasteiger partial charge in [0.15, 0.2) is 5.82 Å². The first-order valence-corrected chi connectivity index (χ1v) is 6.17. The molecule has 4 nitrogen and oxygen atoms in total. The highest BCUT2D eigenvalue weighted by Gasteiger charge is 2.09. The molecule has 0 aliphatic carbocycles. The molecule has 2 N–H and O–H groups in total. The number of benzene rings is 1. The lowest BCUT2D eigenvalue weighted by Crippen LogP contribution is -1.97. The summed E-state index contributed by atoms with van der Waals surface area (Å²) in [4.78, 5) is 12.9. The molecule has 5 heteroatoms. The van der Waals surface area contributed by atoms with E-state index < -0.39 is 0 Å². The number of nitrogens with zero attached hydrogens (tertiary/aromatic N) is 3. The maximum Gasteiger partial charge on any atom is 0.181 e. The van der Waals surface area contributed by atoms with Crippen molar-refractivity contribution in [3.05, 3.63) is 47.1 Å². The zero-order valence-electron chi connectivity index (χ0n) is 9.34. The van der Waals surface area contributed by atoms with Crippen LogP contribution in [-0.2, 0) is 0 Å². The van der Waals surface area contributed by atoms with Crippen molar-refractivity contribution in [3.63, 3.8) is 0 Å². The van der Waals surface area contributed by atoms with Crippen LogP contribution in [0.2, 0.25) is 0 Å². The fraction of sp³-hybridized carbons (Fsp3) is 0. The third-order valence-electron chi connectivity index (χ3n) is 2.57. The summed E-state index contributed by atoms with van der Waals surface area (Å²) in [5.74, 6) is 0.953. The molecule has 1 aromatic carbocycles. The quantitative estimate of drug-likeness (QED) is 0.750. The molecule has 0 unspecified atom stereocenters. The Labute approximate surface area is 112 Å². The summed E-state index contributed by atoms with van der Waals surface area (Å²) in [6.45, 7) is 0. The van der Waals surface area contributed by atoms with Crippen LogP contribution in [0.25, 0.3) is 22.4 Å². The van der Waals surface area contributed by atoms with Gasteiger partial charge in [0, 0.05) is 16.1 Å². The minimum atomic E-state index is 0.432. The lowest BCUT2D eigenvalue weighted by molar-refractivity contribution is 1.15. The third kappa shape index (κ3) is 1.93. The number of halogens is 1. The zero-order chi connectivity index (χ0) is 12.5. The Morgan fingerprint density at radius 2 is 1.89 bits per heavy atom. The number of aromatic nitrogens is 3. The molecule has 2 heterocycles. The van der Waals surface area contributed by atoms with E-state index in [1.807, 2.05) is 30.3 Å². The van der Waals surface area contributed by atoms with Crippen LogP contribution in [0.5, 0.6) is 0 Å². The first-order valence-electron chi connectivity index (χ1n) is 5.38. The van der Waals surface area contributed by atoms with E-state index in [1.54, 1.807) is 12.3 Å². The molecule has 0 radical (unpaired) electrons. The molecule has 0 amide bonds. The molecule has 0 fully saturated rings. The monoisotopic (exact) mass is 300 g/mol. The summed E-state index contributed by atoms with van der Waals surface area (Å²) >= 11 is 3.50. The number of hydrogen-bond donors (Lipinski definition) is 1. The highest BCUT2D eigenvalue weighted by molar-refractivity contribution is 9.10. The summed E-state index contributed by atoms with van der Waals surface area (Å²) in [6.07, 6.45) is 1.63. The van der Waals surface area contributed by atoms with Crippen LogP contribution in [0.1, 0.15) is 0 Å². The minimum Gasteiger partial charge on any atom is -0.384 e. The summed E-state index contributed by atoms with van der Waals surface area (Å²) in [7, 11) is 0. The van der Waals surface area contributed by atoms with Crippen LogP contribution in [0.4, 0.5) is 5.82 Å². The summed E-state index contributed by atoms with van der Waals surface area (Å²) in [6, 6.07) is 11.6. The molecular formula is C13H9BrN4. The van der Waals surface area contributed by atoms with Crippen molar-refractivity contribution < 1.29 is 0 Å². The van der Waals surface area contributed by atoms with Crippen molar-refractivity contribution >= 4 is 32.7 Å². The summed E-state index contributed by atoms with van der Waals surface area (Å²) < 4.78 is 0.854. The van der Waals surface area contributed by atoms with Gasteiger partial charge in [-0.25, -0.2) is 15.0 Å². The molecule has 0 saturated carbocycles. The molecular weight excluding hydrogens is 292 g/mol. The van der Waals surface area contributed by atoms with Crippen LogP contribution < -0.4 is 5.73 Å². The van der Waals surface area contributed by atoms with E-state index in [0.29, 0.717) is 17.3 Å². The van der Waals surface area contributed by atoms with Gasteiger partial charge in [-0.3, -0.25) is 0 Å². The number of nitrogens with two attached hydrogens (primary N) is 1. The van der Waals surface area contributed by atoms with Crippen LogP contribution in [0.3, 0.4) is 0 Å². The fourth-order valence-electron chi connectivity index (χ4n) is 1.73. The van der Waals surface area contributed by atoms with Gasteiger partial charge in [0.25, 0.3) is 0 Å². The first kappa shape index (κ1) is 11.1. The van der Waals surface area contributed by atoms with Gasteiger partial charge >= 0.3 is 0 Å². The topological polar surface area (TPSA) is 64.7 Å². The Kier molecular flexibility index (Phi) is 2.68. The van der Waals surface area contributed by atoms with Gasteiger partial charge in [-0.1, -0.05) is 18.2 Å². The summed E-state index contributed by atoms with van der Waals surface area (Å²) in [5.41, 5.74) is 7.26. The molecule has 18 heavy (non-hydrogen) atoms. The standard InChI is InChI=1S/C13H9BrN4/c14-9-7-8-3-1-2-4-10(8)17-12(9)13-16-6-5-11(15)18-13/h1-7H,(H2,15,16,18). The average Bonchev–Trinajstić information content (AvgIpc) is 2.38. The molecule has 0 bridgehead atoms. The maximum absolute atomic E-state index is 5.66. The van der Waals surface area contributed by atoms with E-state index in [0.717, 1.165) is 15.4 Å². The van der Waals surface area contributed by atoms with E-state index in [-0.39, 0.29) is 0 Å². The van der Waals surface area contributed by atoms with Crippen LogP contribution in [0.15, 0.2) is 47.1 Å². The van der Waals surface area contributed by atoms with Crippen molar-refractivity contribution in [2.75, 3.05) is 5.73 Å². The average molecular weight is 301 g/mol. The zero-order valence-corrected chi connectivity index (χ0v) is 10.9. The number of pyridine rings is 1. The number of nitrogen functional groups attached to an aromatic ring is 1. The van der Waals surface area contributed by atoms with E-state index in [9.17, 15) is 0 Å². The number of fused-ring (bicyclic) bond motifs is 1. The third-order valence-corrected chi connectivity index (χ3v) is 3.17. The fourth-order valence-corrected chi connectivity index (χ4v) is 2.25. The molecule has 2 aromatic heterocycles. The molecule has 0 atom stereocenters. The summed E-state index contributed by atoms with van der Waals surface area (Å²) in [5, 5.41) is 1.07. The van der Waals surface area contributed by atoms with E-state index in [4.69, 9.17) is 5.73 Å². The second kappa shape index (κ2) is 4.34. The Balaban J connectivity index is 2.26. The lowest BCUT2D eigenvalue weighted by Gasteiger charge is -2.05. The van der Waals surface area contributed by atoms with Gasteiger partial charge in [0.2, 0.25) is 0 Å². The SMILES string of the molecule is Nc1ccnc(-c2nc3ccccc3cc2Br)n1.